The fourth-order valence-corrected chi connectivity index (χ4v) is 1.64. The van der Waals surface area contributed by atoms with Gasteiger partial charge in [-0.15, -0.1) is 12.4 Å². The van der Waals surface area contributed by atoms with Crippen LogP contribution in [-0.4, -0.2) is 24.0 Å². The molecule has 0 aliphatic carbocycles. The van der Waals surface area contributed by atoms with Gasteiger partial charge in [0.05, 0.1) is 0 Å². The van der Waals surface area contributed by atoms with E-state index < -0.39 is 0 Å². The molecule has 0 aromatic carbocycles. The van der Waals surface area contributed by atoms with Gasteiger partial charge in [0.1, 0.15) is 0 Å². The summed E-state index contributed by atoms with van der Waals surface area (Å²) in [4.78, 5) is 2.59. The molecule has 0 heterocycles. The van der Waals surface area contributed by atoms with Crippen LogP contribution in [0.3, 0.4) is 0 Å². The quantitative estimate of drug-likeness (QED) is 0.566. The zero-order valence-electron chi connectivity index (χ0n) is 10.8. The number of unbranched alkanes of at least 4 members (excludes halogenated alkanes) is 2. The van der Waals surface area contributed by atoms with Gasteiger partial charge in [0.15, 0.2) is 0 Å². The van der Waals surface area contributed by atoms with E-state index in [-0.39, 0.29) is 12.4 Å². The highest BCUT2D eigenvalue weighted by atomic mass is 35.5. The van der Waals surface area contributed by atoms with E-state index in [2.05, 4.69) is 44.7 Å². The first-order chi connectivity index (χ1) is 6.76. The SMILES string of the molecule is CC=CC(C)N(CCCC)CCCC.Cl. The Morgan fingerprint density at radius 1 is 1.07 bits per heavy atom. The molecule has 0 N–H and O–H groups in total. The van der Waals surface area contributed by atoms with Crippen molar-refractivity contribution in [1.29, 1.82) is 0 Å². The molecule has 0 spiro atoms. The Hall–Kier alpha value is -0.0100. The number of hydrogen-bond donors (Lipinski definition) is 0. The van der Waals surface area contributed by atoms with Crippen LogP contribution in [0.1, 0.15) is 53.4 Å². The topological polar surface area (TPSA) is 3.24 Å². The van der Waals surface area contributed by atoms with Crippen LogP contribution in [0.2, 0.25) is 0 Å². The summed E-state index contributed by atoms with van der Waals surface area (Å²) in [6.45, 7) is 11.4. The summed E-state index contributed by atoms with van der Waals surface area (Å²) in [5.74, 6) is 0. The molecule has 0 amide bonds. The first kappa shape index (κ1) is 17.4. The number of halogens is 1. The van der Waals surface area contributed by atoms with Crippen molar-refractivity contribution in [2.24, 2.45) is 0 Å². The van der Waals surface area contributed by atoms with Gasteiger partial charge in [0, 0.05) is 6.04 Å². The Bertz CT molecular complexity index is 137. The third-order valence-electron chi connectivity index (χ3n) is 2.64. The maximum atomic E-state index is 2.59. The number of nitrogens with zero attached hydrogens (tertiary/aromatic N) is 1. The molecule has 0 aliphatic heterocycles. The molecule has 0 aliphatic rings. The van der Waals surface area contributed by atoms with Crippen LogP contribution in [0.25, 0.3) is 0 Å². The van der Waals surface area contributed by atoms with Crippen LogP contribution in [0, 0.1) is 0 Å². The first-order valence-electron chi connectivity index (χ1n) is 6.13. The molecule has 0 aromatic rings. The highest BCUT2D eigenvalue weighted by molar-refractivity contribution is 5.85. The van der Waals surface area contributed by atoms with Crippen LogP contribution in [0.15, 0.2) is 12.2 Å². The smallest absolute Gasteiger partial charge is 0.0249 e. The zero-order chi connectivity index (χ0) is 10.8. The summed E-state index contributed by atoms with van der Waals surface area (Å²) in [6.07, 6.45) is 9.70. The first-order valence-corrected chi connectivity index (χ1v) is 6.13. The second-order valence-electron chi connectivity index (χ2n) is 4.01. The van der Waals surface area contributed by atoms with E-state index in [4.69, 9.17) is 0 Å². The Labute approximate surface area is 102 Å². The van der Waals surface area contributed by atoms with E-state index in [1.807, 2.05) is 0 Å². The van der Waals surface area contributed by atoms with Crippen molar-refractivity contribution < 1.29 is 0 Å². The monoisotopic (exact) mass is 233 g/mol. The van der Waals surface area contributed by atoms with E-state index in [1.54, 1.807) is 0 Å². The molecule has 0 fully saturated rings. The van der Waals surface area contributed by atoms with Gasteiger partial charge < -0.3 is 0 Å². The van der Waals surface area contributed by atoms with Crippen LogP contribution < -0.4 is 0 Å². The lowest BCUT2D eigenvalue weighted by Gasteiger charge is -2.26. The average molecular weight is 234 g/mol. The molecule has 1 unspecified atom stereocenters. The van der Waals surface area contributed by atoms with Gasteiger partial charge in [0.25, 0.3) is 0 Å². The van der Waals surface area contributed by atoms with Crippen molar-refractivity contribution >= 4 is 12.4 Å². The minimum Gasteiger partial charge on any atom is -0.297 e. The summed E-state index contributed by atoms with van der Waals surface area (Å²) in [5.41, 5.74) is 0. The zero-order valence-corrected chi connectivity index (χ0v) is 11.6. The predicted molar refractivity (Wildman–Crippen MR) is 72.9 cm³/mol. The maximum Gasteiger partial charge on any atom is 0.0249 e. The van der Waals surface area contributed by atoms with E-state index in [1.165, 1.54) is 38.8 Å². The molecule has 0 rings (SSSR count). The van der Waals surface area contributed by atoms with Crippen LogP contribution >= 0.6 is 12.4 Å². The standard InChI is InChI=1S/C13H27N.ClH/c1-5-8-11-14(12-9-6-2)13(4)10-7-3;/h7,10,13H,5-6,8-9,11-12H2,1-4H3;1H. The Balaban J connectivity index is 0. The van der Waals surface area contributed by atoms with Gasteiger partial charge in [-0.3, -0.25) is 4.90 Å². The lowest BCUT2D eigenvalue weighted by molar-refractivity contribution is 0.234. The molecule has 1 nitrogen and oxygen atoms in total. The molecule has 0 saturated carbocycles. The van der Waals surface area contributed by atoms with E-state index in [0.717, 1.165) is 0 Å². The molecule has 92 valence electrons. The molecule has 15 heavy (non-hydrogen) atoms. The lowest BCUT2D eigenvalue weighted by atomic mass is 10.2. The minimum atomic E-state index is 0. The van der Waals surface area contributed by atoms with Crippen molar-refractivity contribution in [1.82, 2.24) is 4.90 Å². The molecule has 1 atom stereocenters. The summed E-state index contributed by atoms with van der Waals surface area (Å²) >= 11 is 0. The van der Waals surface area contributed by atoms with Crippen LogP contribution in [-0.2, 0) is 0 Å². The summed E-state index contributed by atoms with van der Waals surface area (Å²) < 4.78 is 0. The summed E-state index contributed by atoms with van der Waals surface area (Å²) in [5, 5.41) is 0. The molecule has 0 bridgehead atoms. The van der Waals surface area contributed by atoms with Crippen molar-refractivity contribution in [2.75, 3.05) is 13.1 Å². The molecular weight excluding hydrogens is 206 g/mol. The van der Waals surface area contributed by atoms with Crippen molar-refractivity contribution in [3.8, 4) is 0 Å². The molecule has 0 aromatic heterocycles. The van der Waals surface area contributed by atoms with Crippen LogP contribution in [0.4, 0.5) is 0 Å². The van der Waals surface area contributed by atoms with Crippen LogP contribution in [0.5, 0.6) is 0 Å². The van der Waals surface area contributed by atoms with Gasteiger partial charge in [-0.25, -0.2) is 0 Å². The molecule has 0 saturated heterocycles. The normalized spacial score (nSPS) is 13.1. The number of allylic oxidation sites excluding steroid dienone is 1. The summed E-state index contributed by atoms with van der Waals surface area (Å²) in [7, 11) is 0. The van der Waals surface area contributed by atoms with Gasteiger partial charge in [-0.05, 0) is 39.8 Å². The molecule has 2 heteroatoms. The average Bonchev–Trinajstić information content (AvgIpc) is 2.18. The summed E-state index contributed by atoms with van der Waals surface area (Å²) in [6, 6.07) is 0.609. The van der Waals surface area contributed by atoms with Crippen molar-refractivity contribution in [3.05, 3.63) is 12.2 Å². The van der Waals surface area contributed by atoms with Gasteiger partial charge >= 0.3 is 0 Å². The third kappa shape index (κ3) is 8.95. The van der Waals surface area contributed by atoms with E-state index in [9.17, 15) is 0 Å². The fraction of sp³-hybridized carbons (Fsp3) is 0.846. The Kier molecular flexibility index (Phi) is 14.0. The van der Waals surface area contributed by atoms with E-state index in [0.29, 0.717) is 6.04 Å². The van der Waals surface area contributed by atoms with Crippen molar-refractivity contribution in [2.45, 2.75) is 59.4 Å². The second kappa shape index (κ2) is 12.1. The molecular formula is C13H28ClN. The maximum absolute atomic E-state index is 2.59. The van der Waals surface area contributed by atoms with Gasteiger partial charge in [-0.1, -0.05) is 38.8 Å². The Morgan fingerprint density at radius 2 is 1.53 bits per heavy atom. The highest BCUT2D eigenvalue weighted by Gasteiger charge is 2.08. The highest BCUT2D eigenvalue weighted by Crippen LogP contribution is 2.05. The van der Waals surface area contributed by atoms with Gasteiger partial charge in [-0.2, -0.15) is 0 Å². The van der Waals surface area contributed by atoms with E-state index >= 15 is 0 Å². The second-order valence-corrected chi connectivity index (χ2v) is 4.01. The third-order valence-corrected chi connectivity index (χ3v) is 2.64. The predicted octanol–water partition coefficient (Wildman–Crippen LogP) is 4.28. The largest absolute Gasteiger partial charge is 0.297 e. The lowest BCUT2D eigenvalue weighted by Crippen LogP contribution is -2.33. The number of hydrogen-bond acceptors (Lipinski definition) is 1. The molecule has 0 radical (unpaired) electrons. The Morgan fingerprint density at radius 3 is 1.87 bits per heavy atom. The number of rotatable bonds is 8. The van der Waals surface area contributed by atoms with Crippen molar-refractivity contribution in [3.63, 3.8) is 0 Å². The minimum absolute atomic E-state index is 0. The fourth-order valence-electron chi connectivity index (χ4n) is 1.64. The van der Waals surface area contributed by atoms with Gasteiger partial charge in [0.2, 0.25) is 0 Å².